The van der Waals surface area contributed by atoms with Crippen LogP contribution in [0.5, 0.6) is 0 Å². The van der Waals surface area contributed by atoms with Gasteiger partial charge in [0.2, 0.25) is 0 Å². The zero-order chi connectivity index (χ0) is 40.1. The van der Waals surface area contributed by atoms with E-state index in [1.54, 1.807) is 26.8 Å². The van der Waals surface area contributed by atoms with Gasteiger partial charge in [0.25, 0.3) is 0 Å². The van der Waals surface area contributed by atoms with Gasteiger partial charge in [-0.05, 0) is 114 Å². The quantitative estimate of drug-likeness (QED) is 0.162. The monoisotopic (exact) mass is 794 g/mol. The summed E-state index contributed by atoms with van der Waals surface area (Å²) in [4.78, 5) is 12.0. The van der Waals surface area contributed by atoms with Crippen LogP contribution in [0.15, 0.2) is 11.6 Å². The fraction of sp³-hybridized carbons (Fsp3) is 0.929. The van der Waals surface area contributed by atoms with Gasteiger partial charge in [0.05, 0.1) is 54.4 Å². The second kappa shape index (κ2) is 15.0. The number of fused-ring (bicyclic) bond motifs is 5. The van der Waals surface area contributed by atoms with E-state index in [0.717, 1.165) is 44.1 Å². The van der Waals surface area contributed by atoms with Crippen molar-refractivity contribution in [3.8, 4) is 0 Å². The third kappa shape index (κ3) is 6.74. The Labute approximate surface area is 330 Å². The molecule has 6 N–H and O–H groups in total. The van der Waals surface area contributed by atoms with Crippen molar-refractivity contribution in [2.75, 3.05) is 6.61 Å². The molecule has 0 bridgehead atoms. The molecule has 0 amide bonds. The van der Waals surface area contributed by atoms with Gasteiger partial charge in [0.1, 0.15) is 24.4 Å². The Balaban J connectivity index is 0.853. The highest BCUT2D eigenvalue weighted by Crippen LogP contribution is 2.70. The lowest BCUT2D eigenvalue weighted by Crippen LogP contribution is -2.67. The summed E-state index contributed by atoms with van der Waals surface area (Å²) < 4.78 is 42.5. The number of aliphatic hydroxyl groups excluding tert-OH is 5. The Morgan fingerprint density at radius 1 is 0.732 bits per heavy atom. The fourth-order valence-corrected chi connectivity index (χ4v) is 12.9. The lowest BCUT2D eigenvalue weighted by atomic mass is 9.42. The molecule has 0 aromatic rings. The summed E-state index contributed by atoms with van der Waals surface area (Å²) >= 11 is 0. The molecular formula is C42H66O14. The van der Waals surface area contributed by atoms with Crippen molar-refractivity contribution in [2.24, 2.45) is 34.5 Å². The molecule has 0 radical (unpaired) electrons. The Morgan fingerprint density at radius 2 is 1.45 bits per heavy atom. The molecule has 0 aromatic heterocycles. The smallest absolute Gasteiger partial charge is 0.331 e. The second-order valence-electron chi connectivity index (χ2n) is 19.4. The van der Waals surface area contributed by atoms with E-state index in [1.165, 1.54) is 0 Å². The number of cyclic esters (lactones) is 1. The van der Waals surface area contributed by atoms with Crippen molar-refractivity contribution >= 4 is 5.97 Å². The summed E-state index contributed by atoms with van der Waals surface area (Å²) in [6.45, 7) is 11.7. The van der Waals surface area contributed by atoms with Crippen LogP contribution in [0.3, 0.4) is 0 Å². The molecule has 4 saturated carbocycles. The van der Waals surface area contributed by atoms with E-state index in [4.69, 9.17) is 33.2 Å². The van der Waals surface area contributed by atoms with Crippen molar-refractivity contribution in [1.82, 2.24) is 0 Å². The van der Waals surface area contributed by atoms with Gasteiger partial charge in [-0.1, -0.05) is 13.8 Å². The maximum absolute atomic E-state index is 12.6. The molecule has 4 heterocycles. The van der Waals surface area contributed by atoms with Gasteiger partial charge in [-0.2, -0.15) is 0 Å². The number of esters is 1. The van der Waals surface area contributed by atoms with E-state index in [2.05, 4.69) is 6.92 Å². The van der Waals surface area contributed by atoms with E-state index >= 15 is 0 Å². The second-order valence-corrected chi connectivity index (χ2v) is 19.4. The van der Waals surface area contributed by atoms with Crippen LogP contribution in [0.1, 0.15) is 112 Å². The fourth-order valence-electron chi connectivity index (χ4n) is 12.9. The van der Waals surface area contributed by atoms with E-state index in [1.807, 2.05) is 13.8 Å². The van der Waals surface area contributed by atoms with Gasteiger partial charge < -0.3 is 63.8 Å². The van der Waals surface area contributed by atoms with Crippen LogP contribution in [0.25, 0.3) is 0 Å². The van der Waals surface area contributed by atoms with Gasteiger partial charge in [-0.15, -0.1) is 0 Å². The molecule has 0 aromatic carbocycles. The minimum atomic E-state index is -1.14. The first-order valence-electron chi connectivity index (χ1n) is 21.3. The van der Waals surface area contributed by atoms with Gasteiger partial charge in [0.15, 0.2) is 18.9 Å². The first-order chi connectivity index (χ1) is 26.4. The molecule has 4 aliphatic heterocycles. The highest BCUT2D eigenvalue weighted by molar-refractivity contribution is 5.85. The molecule has 7 fully saturated rings. The molecule has 4 aliphatic carbocycles. The molecule has 318 valence electrons. The van der Waals surface area contributed by atoms with E-state index < -0.39 is 90.4 Å². The maximum atomic E-state index is 12.6. The van der Waals surface area contributed by atoms with E-state index in [9.17, 15) is 35.4 Å². The van der Waals surface area contributed by atoms with Crippen LogP contribution < -0.4 is 0 Å². The SMILES string of the molecule is C[C@H]1OC(O[C@H]2[C@@H](O)C[C@H](O[C@@]3(C)[C@@H](O)C[C@H](O[C@H]4CC[C@@]5(C)[C@H](CC[C@@H]6[C@@H]5C[C@@H](O)[C@]5(C)[C@@H](C7=CC(=O)OC7)CC[C@]65O)C4)O[C@@H]3C)O[C@@H]2C)C[C@H](O)[C@@H]1O. The van der Waals surface area contributed by atoms with E-state index in [0.29, 0.717) is 18.8 Å². The van der Waals surface area contributed by atoms with Gasteiger partial charge >= 0.3 is 5.97 Å². The van der Waals surface area contributed by atoms with Crippen LogP contribution in [0.4, 0.5) is 0 Å². The highest BCUT2D eigenvalue weighted by Gasteiger charge is 2.71. The van der Waals surface area contributed by atoms with Gasteiger partial charge in [0, 0.05) is 30.8 Å². The van der Waals surface area contributed by atoms with Crippen molar-refractivity contribution in [1.29, 1.82) is 0 Å². The zero-order valence-electron chi connectivity index (χ0n) is 33.8. The number of hydrogen-bond acceptors (Lipinski definition) is 14. The van der Waals surface area contributed by atoms with Crippen LogP contribution in [0.2, 0.25) is 0 Å². The molecule has 56 heavy (non-hydrogen) atoms. The number of carbonyl (C=O) groups is 1. The number of rotatable bonds is 7. The van der Waals surface area contributed by atoms with Gasteiger partial charge in [-0.3, -0.25) is 0 Å². The lowest BCUT2D eigenvalue weighted by molar-refractivity contribution is -0.359. The predicted molar refractivity (Wildman–Crippen MR) is 197 cm³/mol. The van der Waals surface area contributed by atoms with E-state index in [-0.39, 0.29) is 61.1 Å². The van der Waals surface area contributed by atoms with Crippen molar-refractivity contribution < 1.29 is 68.6 Å². The average Bonchev–Trinajstić information content (AvgIpc) is 3.68. The molecule has 0 spiro atoms. The van der Waals surface area contributed by atoms with Crippen LogP contribution >= 0.6 is 0 Å². The summed E-state index contributed by atoms with van der Waals surface area (Å²) in [5, 5.41) is 67.3. The zero-order valence-corrected chi connectivity index (χ0v) is 33.8. The minimum absolute atomic E-state index is 0.0565. The Morgan fingerprint density at radius 3 is 2.12 bits per heavy atom. The number of hydrogen-bond donors (Lipinski definition) is 6. The van der Waals surface area contributed by atoms with Crippen LogP contribution in [-0.2, 0) is 38.0 Å². The molecule has 14 nitrogen and oxygen atoms in total. The summed E-state index contributed by atoms with van der Waals surface area (Å²) in [5.74, 6) is 0.185. The largest absolute Gasteiger partial charge is 0.458 e. The number of carbonyl (C=O) groups excluding carboxylic acids is 1. The number of aliphatic hydroxyl groups is 6. The minimum Gasteiger partial charge on any atom is -0.458 e. The Bertz CT molecular complexity index is 1460. The van der Waals surface area contributed by atoms with Crippen LogP contribution in [0, 0.1) is 34.5 Å². The standard InChI is InChI=1S/C42H66O14/c1-20-37(48)29(43)16-34(51-20)55-38-21(2)52-36(17-30(38)44)56-41(6)22(3)53-35(18-32(41)46)54-25-9-11-39(4)24(14-25)7-8-27-28(39)15-31(45)40(5)26(10-12-42(27,40)49)23-13-33(47)50-19-23/h13,20-22,24-32,34-38,43-46,48-49H,7-12,14-19H2,1-6H3/t20-,21-,22-,24-,25+,26-,27-,28+,29+,30+,31-,32+,34?,35+,36+,37-,38-,39+,40+,41-,42+/m1/s1. The molecular weight excluding hydrogens is 728 g/mol. The predicted octanol–water partition coefficient (Wildman–Crippen LogP) is 2.61. The molecule has 21 atom stereocenters. The maximum Gasteiger partial charge on any atom is 0.331 e. The van der Waals surface area contributed by atoms with Crippen molar-refractivity contribution in [2.45, 2.75) is 203 Å². The molecule has 3 saturated heterocycles. The topological polar surface area (TPSA) is 203 Å². The molecule has 8 aliphatic rings. The lowest BCUT2D eigenvalue weighted by Gasteiger charge is -2.65. The average molecular weight is 795 g/mol. The first-order valence-corrected chi connectivity index (χ1v) is 21.3. The summed E-state index contributed by atoms with van der Waals surface area (Å²) in [5.41, 5.74) is -2.05. The van der Waals surface area contributed by atoms with Crippen LogP contribution in [-0.4, -0.2) is 134 Å². The van der Waals surface area contributed by atoms with Gasteiger partial charge in [-0.25, -0.2) is 4.79 Å². The summed E-state index contributed by atoms with van der Waals surface area (Å²) in [7, 11) is 0. The van der Waals surface area contributed by atoms with Crippen molar-refractivity contribution in [3.05, 3.63) is 11.6 Å². The number of ether oxygens (including phenoxy) is 7. The Kier molecular flexibility index (Phi) is 11.1. The normalized spacial score (nSPS) is 56.1. The first kappa shape index (κ1) is 41.5. The molecule has 8 rings (SSSR count). The van der Waals surface area contributed by atoms with Crippen molar-refractivity contribution in [3.63, 3.8) is 0 Å². The molecule has 1 unspecified atom stereocenters. The summed E-state index contributed by atoms with van der Waals surface area (Å²) in [6, 6.07) is 0. The Hall–Kier alpha value is -1.27. The summed E-state index contributed by atoms with van der Waals surface area (Å²) in [6.07, 6.45) is -1.12. The molecule has 14 heteroatoms. The third-order valence-electron chi connectivity index (χ3n) is 16.6. The third-order valence-corrected chi connectivity index (χ3v) is 16.6. The highest BCUT2D eigenvalue weighted by atomic mass is 16.7.